The minimum Gasteiger partial charge on any atom is -0.376 e. The normalized spacial score (nSPS) is 16.4. The Morgan fingerprint density at radius 3 is 2.62 bits per heavy atom. The Labute approximate surface area is 147 Å². The summed E-state index contributed by atoms with van der Waals surface area (Å²) < 4.78 is 6.42. The quantitative estimate of drug-likeness (QED) is 0.694. The van der Waals surface area contributed by atoms with E-state index in [0.29, 0.717) is 17.9 Å². The van der Waals surface area contributed by atoms with Crippen molar-refractivity contribution in [2.45, 2.75) is 25.5 Å². The number of anilines is 1. The summed E-state index contributed by atoms with van der Waals surface area (Å²) in [7, 11) is 0. The molecule has 1 fully saturated rings. The number of benzene rings is 1. The maximum absolute atomic E-state index is 12.5. The van der Waals surface area contributed by atoms with E-state index in [1.807, 2.05) is 0 Å². The zero-order chi connectivity index (χ0) is 18.7. The molecule has 1 aromatic carbocycles. The number of aromatic nitrogens is 2. The number of aromatic amines is 1. The van der Waals surface area contributed by atoms with E-state index in [-0.39, 0.29) is 18.2 Å². The van der Waals surface area contributed by atoms with Crippen molar-refractivity contribution >= 4 is 17.5 Å². The van der Waals surface area contributed by atoms with Gasteiger partial charge >= 0.3 is 5.69 Å². The number of rotatable bonds is 5. The molecule has 0 radical (unpaired) electrons. The average molecular weight is 358 g/mol. The zero-order valence-electron chi connectivity index (χ0n) is 13.9. The molecule has 0 saturated carbocycles. The highest BCUT2D eigenvalue weighted by atomic mass is 16.5. The van der Waals surface area contributed by atoms with Crippen LogP contribution in [0.15, 0.2) is 40.1 Å². The largest absolute Gasteiger partial charge is 0.376 e. The first-order chi connectivity index (χ1) is 12.5. The second-order valence-electron chi connectivity index (χ2n) is 5.95. The van der Waals surface area contributed by atoms with Crippen LogP contribution in [0.2, 0.25) is 0 Å². The third-order valence-corrected chi connectivity index (χ3v) is 4.14. The lowest BCUT2D eigenvalue weighted by atomic mass is 10.2. The van der Waals surface area contributed by atoms with Gasteiger partial charge in [-0.2, -0.15) is 0 Å². The first-order valence-corrected chi connectivity index (χ1v) is 8.11. The molecule has 136 valence electrons. The molecule has 0 aliphatic carbocycles. The Morgan fingerprint density at radius 2 is 2.00 bits per heavy atom. The molecule has 0 bridgehead atoms. The SMILES string of the molecule is NC(=O)c1ccc(NC(=O)c2c[nH]c(=O)n(CC3CCCO3)c2=O)cc1. The summed E-state index contributed by atoms with van der Waals surface area (Å²) in [6.07, 6.45) is 2.50. The lowest BCUT2D eigenvalue weighted by Crippen LogP contribution is -2.41. The van der Waals surface area contributed by atoms with Gasteiger partial charge < -0.3 is 20.8 Å². The number of ether oxygens (including phenoxy) is 1. The van der Waals surface area contributed by atoms with Crippen LogP contribution in [-0.2, 0) is 11.3 Å². The first-order valence-electron chi connectivity index (χ1n) is 8.11. The standard InChI is InChI=1S/C17H18N4O5/c18-14(22)10-3-5-11(6-4-10)20-15(23)13-8-19-17(25)21(16(13)24)9-12-2-1-7-26-12/h3-6,8,12H,1-2,7,9H2,(H2,18,22)(H,19,25)(H,20,23). The fourth-order valence-corrected chi connectivity index (χ4v) is 2.75. The fraction of sp³-hybridized carbons (Fsp3) is 0.294. The molecule has 1 unspecified atom stereocenters. The van der Waals surface area contributed by atoms with Crippen molar-refractivity contribution in [1.82, 2.24) is 9.55 Å². The third-order valence-electron chi connectivity index (χ3n) is 4.14. The van der Waals surface area contributed by atoms with Gasteiger partial charge in [-0.15, -0.1) is 0 Å². The molecule has 1 atom stereocenters. The van der Waals surface area contributed by atoms with Crippen LogP contribution in [0.4, 0.5) is 5.69 Å². The maximum Gasteiger partial charge on any atom is 0.328 e. The molecular weight excluding hydrogens is 340 g/mol. The Balaban J connectivity index is 1.81. The number of nitrogens with zero attached hydrogens (tertiary/aromatic N) is 1. The summed E-state index contributed by atoms with van der Waals surface area (Å²) in [5.74, 6) is -1.25. The van der Waals surface area contributed by atoms with Crippen LogP contribution in [0.25, 0.3) is 0 Å². The van der Waals surface area contributed by atoms with E-state index in [9.17, 15) is 19.2 Å². The van der Waals surface area contributed by atoms with Crippen LogP contribution in [-0.4, -0.2) is 34.1 Å². The molecule has 1 aliphatic heterocycles. The Bertz CT molecular complexity index is 939. The smallest absolute Gasteiger partial charge is 0.328 e. The highest BCUT2D eigenvalue weighted by molar-refractivity contribution is 6.04. The molecule has 9 heteroatoms. The van der Waals surface area contributed by atoms with Gasteiger partial charge in [0.1, 0.15) is 5.56 Å². The average Bonchev–Trinajstić information content (AvgIpc) is 3.12. The molecule has 26 heavy (non-hydrogen) atoms. The predicted molar refractivity (Wildman–Crippen MR) is 93.2 cm³/mol. The van der Waals surface area contributed by atoms with Crippen molar-refractivity contribution in [3.63, 3.8) is 0 Å². The third kappa shape index (κ3) is 3.72. The second kappa shape index (κ2) is 7.36. The predicted octanol–water partition coefficient (Wildman–Crippen LogP) is 0.0668. The Hall–Kier alpha value is -3.20. The molecule has 2 amide bonds. The molecule has 4 N–H and O–H groups in total. The summed E-state index contributed by atoms with van der Waals surface area (Å²) in [5, 5.41) is 2.55. The van der Waals surface area contributed by atoms with Gasteiger partial charge in [0.05, 0.1) is 12.6 Å². The lowest BCUT2D eigenvalue weighted by Gasteiger charge is -2.12. The molecule has 3 rings (SSSR count). The van der Waals surface area contributed by atoms with Crippen molar-refractivity contribution in [3.8, 4) is 0 Å². The Kier molecular flexibility index (Phi) is 4.99. The highest BCUT2D eigenvalue weighted by Crippen LogP contribution is 2.13. The second-order valence-corrected chi connectivity index (χ2v) is 5.95. The van der Waals surface area contributed by atoms with Crippen molar-refractivity contribution in [2.75, 3.05) is 11.9 Å². The minimum atomic E-state index is -0.685. The van der Waals surface area contributed by atoms with Crippen LogP contribution in [0.3, 0.4) is 0 Å². The van der Waals surface area contributed by atoms with Crippen molar-refractivity contribution in [3.05, 3.63) is 62.4 Å². The van der Waals surface area contributed by atoms with Gasteiger partial charge in [0.15, 0.2) is 0 Å². The number of primary amides is 1. The summed E-state index contributed by atoms with van der Waals surface area (Å²) in [5.41, 5.74) is 4.37. The van der Waals surface area contributed by atoms with Gasteiger partial charge in [0.25, 0.3) is 11.5 Å². The van der Waals surface area contributed by atoms with Crippen LogP contribution in [0.5, 0.6) is 0 Å². The molecule has 9 nitrogen and oxygen atoms in total. The highest BCUT2D eigenvalue weighted by Gasteiger charge is 2.20. The number of hydrogen-bond acceptors (Lipinski definition) is 5. The van der Waals surface area contributed by atoms with E-state index < -0.39 is 23.1 Å². The van der Waals surface area contributed by atoms with Crippen molar-refractivity contribution in [1.29, 1.82) is 0 Å². The Morgan fingerprint density at radius 1 is 1.27 bits per heavy atom. The molecule has 1 saturated heterocycles. The van der Waals surface area contributed by atoms with E-state index in [0.717, 1.165) is 23.6 Å². The topological polar surface area (TPSA) is 136 Å². The first kappa shape index (κ1) is 17.6. The molecule has 2 heterocycles. The summed E-state index contributed by atoms with van der Waals surface area (Å²) in [4.78, 5) is 50.3. The fourth-order valence-electron chi connectivity index (χ4n) is 2.75. The van der Waals surface area contributed by atoms with Crippen molar-refractivity contribution in [2.24, 2.45) is 5.73 Å². The molecule has 0 spiro atoms. The van der Waals surface area contributed by atoms with Crippen LogP contribution in [0, 0.1) is 0 Å². The van der Waals surface area contributed by atoms with Crippen LogP contribution < -0.4 is 22.3 Å². The monoisotopic (exact) mass is 358 g/mol. The van der Waals surface area contributed by atoms with E-state index in [4.69, 9.17) is 10.5 Å². The molecular formula is C17H18N4O5. The van der Waals surface area contributed by atoms with E-state index >= 15 is 0 Å². The lowest BCUT2D eigenvalue weighted by molar-refractivity contribution is 0.0941. The van der Waals surface area contributed by atoms with Gasteiger partial charge in [0, 0.05) is 24.1 Å². The van der Waals surface area contributed by atoms with Gasteiger partial charge in [-0.3, -0.25) is 19.0 Å². The summed E-state index contributed by atoms with van der Waals surface area (Å²) in [6.45, 7) is 0.696. The van der Waals surface area contributed by atoms with Gasteiger partial charge in [-0.1, -0.05) is 0 Å². The summed E-state index contributed by atoms with van der Waals surface area (Å²) >= 11 is 0. The number of nitrogens with one attached hydrogen (secondary N) is 2. The zero-order valence-corrected chi connectivity index (χ0v) is 13.9. The summed E-state index contributed by atoms with van der Waals surface area (Å²) in [6, 6.07) is 5.91. The number of carbonyl (C=O) groups excluding carboxylic acids is 2. The molecule has 2 aromatic rings. The molecule has 1 aromatic heterocycles. The van der Waals surface area contributed by atoms with E-state index in [1.54, 1.807) is 0 Å². The number of hydrogen-bond donors (Lipinski definition) is 3. The number of amides is 2. The maximum atomic E-state index is 12.5. The number of H-pyrrole nitrogens is 1. The molecule has 1 aliphatic rings. The van der Waals surface area contributed by atoms with Gasteiger partial charge in [-0.25, -0.2) is 4.79 Å². The minimum absolute atomic E-state index is 0.0998. The number of nitrogens with two attached hydrogens (primary N) is 1. The van der Waals surface area contributed by atoms with Crippen molar-refractivity contribution < 1.29 is 14.3 Å². The van der Waals surface area contributed by atoms with E-state index in [2.05, 4.69) is 10.3 Å². The van der Waals surface area contributed by atoms with E-state index in [1.165, 1.54) is 24.3 Å². The van der Waals surface area contributed by atoms with Gasteiger partial charge in [-0.05, 0) is 37.1 Å². The van der Waals surface area contributed by atoms with Gasteiger partial charge in [0.2, 0.25) is 5.91 Å². The van der Waals surface area contributed by atoms with Crippen LogP contribution >= 0.6 is 0 Å². The van der Waals surface area contributed by atoms with Crippen LogP contribution in [0.1, 0.15) is 33.6 Å². The number of carbonyl (C=O) groups is 2.